The second-order valence-electron chi connectivity index (χ2n) is 5.51. The predicted octanol–water partition coefficient (Wildman–Crippen LogP) is 3.54. The van der Waals surface area contributed by atoms with E-state index in [1.807, 2.05) is 34.6 Å². The first kappa shape index (κ1) is 22.6. The lowest BCUT2D eigenvalue weighted by atomic mass is 10.1. The van der Waals surface area contributed by atoms with Crippen LogP contribution < -0.4 is 5.32 Å². The van der Waals surface area contributed by atoms with E-state index < -0.39 is 0 Å². The van der Waals surface area contributed by atoms with Crippen LogP contribution in [0.3, 0.4) is 0 Å². The maximum Gasteiger partial charge on any atom is 0.222 e. The fourth-order valence-electron chi connectivity index (χ4n) is 0.452. The van der Waals surface area contributed by atoms with Crippen LogP contribution in [0, 0.1) is 5.92 Å². The van der Waals surface area contributed by atoms with Crippen LogP contribution in [0.1, 0.15) is 61.8 Å². The third-order valence-electron chi connectivity index (χ3n) is 2.42. The molecular formula is C15H36N2O. The monoisotopic (exact) mass is 260 g/mol. The van der Waals surface area contributed by atoms with Crippen LogP contribution in [0.2, 0.25) is 0 Å². The van der Waals surface area contributed by atoms with Crippen molar-refractivity contribution in [3.8, 4) is 0 Å². The molecule has 0 rings (SSSR count). The molecule has 0 aliphatic rings. The molecule has 0 radical (unpaired) electrons. The van der Waals surface area contributed by atoms with Crippen LogP contribution >= 0.6 is 0 Å². The Morgan fingerprint density at radius 1 is 1.17 bits per heavy atom. The molecule has 0 aliphatic carbocycles. The standard InChI is InChI=1S/C7H15NO.C6H15N.C2H6/c1-4-5-8-7(9)6(2)3;1-6(2,3)7(4)5;1-2/h6H,4-5H2,1-3H3,(H,8,9);1-5H3;1-2H3. The van der Waals surface area contributed by atoms with Crippen molar-refractivity contribution in [2.75, 3.05) is 20.6 Å². The molecule has 0 aromatic carbocycles. The van der Waals surface area contributed by atoms with E-state index in [1.54, 1.807) is 0 Å². The molecule has 0 saturated carbocycles. The third kappa shape index (κ3) is 17.8. The number of nitrogens with one attached hydrogen (secondary N) is 1. The van der Waals surface area contributed by atoms with E-state index in [0.717, 1.165) is 13.0 Å². The summed E-state index contributed by atoms with van der Waals surface area (Å²) in [4.78, 5) is 13.0. The van der Waals surface area contributed by atoms with Crippen LogP contribution in [0.15, 0.2) is 0 Å². The summed E-state index contributed by atoms with van der Waals surface area (Å²) < 4.78 is 0. The summed E-state index contributed by atoms with van der Waals surface area (Å²) in [7, 11) is 4.17. The van der Waals surface area contributed by atoms with Crippen LogP contribution in [0.4, 0.5) is 0 Å². The zero-order valence-electron chi connectivity index (χ0n) is 14.3. The number of amides is 1. The van der Waals surface area contributed by atoms with Gasteiger partial charge in [0.25, 0.3) is 0 Å². The number of carbonyl (C=O) groups is 1. The Balaban J connectivity index is -0.000000225. The Bertz CT molecular complexity index is 181. The minimum absolute atomic E-state index is 0.122. The van der Waals surface area contributed by atoms with E-state index in [4.69, 9.17) is 0 Å². The van der Waals surface area contributed by atoms with E-state index in [0.29, 0.717) is 5.54 Å². The van der Waals surface area contributed by atoms with Gasteiger partial charge in [-0.05, 0) is 41.3 Å². The maximum absolute atomic E-state index is 10.8. The van der Waals surface area contributed by atoms with Crippen molar-refractivity contribution in [2.45, 2.75) is 67.3 Å². The maximum atomic E-state index is 10.8. The highest BCUT2D eigenvalue weighted by molar-refractivity contribution is 5.77. The second kappa shape index (κ2) is 12.9. The molecule has 3 nitrogen and oxygen atoms in total. The number of hydrogen-bond acceptors (Lipinski definition) is 2. The van der Waals surface area contributed by atoms with Crippen LogP contribution in [-0.2, 0) is 4.79 Å². The van der Waals surface area contributed by atoms with E-state index in [9.17, 15) is 4.79 Å². The van der Waals surface area contributed by atoms with Crippen molar-refractivity contribution in [1.29, 1.82) is 0 Å². The SMILES string of the molecule is CC.CCCNC(=O)C(C)C.CN(C)C(C)(C)C. The molecule has 0 aliphatic heterocycles. The number of nitrogens with zero attached hydrogens (tertiary/aromatic N) is 1. The number of hydrogen-bond donors (Lipinski definition) is 1. The Morgan fingerprint density at radius 2 is 1.50 bits per heavy atom. The molecule has 18 heavy (non-hydrogen) atoms. The predicted molar refractivity (Wildman–Crippen MR) is 82.9 cm³/mol. The van der Waals surface area contributed by atoms with Crippen LogP contribution in [0.25, 0.3) is 0 Å². The Hall–Kier alpha value is -0.570. The quantitative estimate of drug-likeness (QED) is 0.842. The van der Waals surface area contributed by atoms with E-state index >= 15 is 0 Å². The van der Waals surface area contributed by atoms with Gasteiger partial charge in [0.2, 0.25) is 5.91 Å². The molecule has 0 spiro atoms. The molecule has 1 N–H and O–H groups in total. The Labute approximate surface area is 115 Å². The van der Waals surface area contributed by atoms with E-state index in [1.165, 1.54) is 0 Å². The second-order valence-corrected chi connectivity index (χ2v) is 5.51. The van der Waals surface area contributed by atoms with Crippen molar-refractivity contribution < 1.29 is 4.79 Å². The van der Waals surface area contributed by atoms with Crippen molar-refractivity contribution in [2.24, 2.45) is 5.92 Å². The summed E-state index contributed by atoms with van der Waals surface area (Å²) in [5.74, 6) is 0.272. The van der Waals surface area contributed by atoms with Crippen molar-refractivity contribution in [3.63, 3.8) is 0 Å². The van der Waals surface area contributed by atoms with Gasteiger partial charge in [-0.3, -0.25) is 4.79 Å². The summed E-state index contributed by atoms with van der Waals surface area (Å²) in [6, 6.07) is 0. The molecule has 1 amide bonds. The third-order valence-corrected chi connectivity index (χ3v) is 2.42. The number of rotatable bonds is 3. The zero-order chi connectivity index (χ0) is 15.4. The largest absolute Gasteiger partial charge is 0.356 e. The summed E-state index contributed by atoms with van der Waals surface area (Å²) in [6.45, 7) is 17.2. The summed E-state index contributed by atoms with van der Waals surface area (Å²) >= 11 is 0. The van der Waals surface area contributed by atoms with Gasteiger partial charge < -0.3 is 10.2 Å². The van der Waals surface area contributed by atoms with Gasteiger partial charge in [-0.2, -0.15) is 0 Å². The van der Waals surface area contributed by atoms with E-state index in [-0.39, 0.29) is 11.8 Å². The topological polar surface area (TPSA) is 32.3 Å². The molecule has 0 fully saturated rings. The minimum Gasteiger partial charge on any atom is -0.356 e. The molecule has 0 atom stereocenters. The molecule has 0 heterocycles. The number of carbonyl (C=O) groups excluding carboxylic acids is 1. The van der Waals surface area contributed by atoms with Gasteiger partial charge in [0.15, 0.2) is 0 Å². The molecule has 3 heteroatoms. The van der Waals surface area contributed by atoms with Crippen molar-refractivity contribution >= 4 is 5.91 Å². The molecule has 0 unspecified atom stereocenters. The molecule has 0 bridgehead atoms. The fourth-order valence-corrected chi connectivity index (χ4v) is 0.452. The lowest BCUT2D eigenvalue weighted by molar-refractivity contribution is -0.123. The van der Waals surface area contributed by atoms with Crippen molar-refractivity contribution in [3.05, 3.63) is 0 Å². The molecule has 112 valence electrons. The first-order valence-corrected chi connectivity index (χ1v) is 7.08. The highest BCUT2D eigenvalue weighted by atomic mass is 16.1. The first-order chi connectivity index (χ1) is 8.12. The Kier molecular flexibility index (Phi) is 16.2. The normalized spacial score (nSPS) is 10.2. The van der Waals surface area contributed by atoms with Crippen molar-refractivity contribution in [1.82, 2.24) is 10.2 Å². The average Bonchev–Trinajstić information content (AvgIpc) is 2.28. The molecular weight excluding hydrogens is 224 g/mol. The van der Waals surface area contributed by atoms with Gasteiger partial charge in [0, 0.05) is 18.0 Å². The first-order valence-electron chi connectivity index (χ1n) is 7.08. The van der Waals surface area contributed by atoms with Gasteiger partial charge in [0.05, 0.1) is 0 Å². The average molecular weight is 260 g/mol. The van der Waals surface area contributed by atoms with Gasteiger partial charge >= 0.3 is 0 Å². The smallest absolute Gasteiger partial charge is 0.222 e. The zero-order valence-corrected chi connectivity index (χ0v) is 14.3. The van der Waals surface area contributed by atoms with Crippen LogP contribution in [0.5, 0.6) is 0 Å². The summed E-state index contributed by atoms with van der Waals surface area (Å²) in [6.07, 6.45) is 1.01. The molecule has 0 aromatic rings. The van der Waals surface area contributed by atoms with Gasteiger partial charge in [-0.1, -0.05) is 34.6 Å². The van der Waals surface area contributed by atoms with Gasteiger partial charge in [0.1, 0.15) is 0 Å². The summed E-state index contributed by atoms with van der Waals surface area (Å²) in [5, 5.41) is 2.79. The fraction of sp³-hybridized carbons (Fsp3) is 0.933. The molecule has 0 aromatic heterocycles. The minimum atomic E-state index is 0.122. The summed E-state index contributed by atoms with van der Waals surface area (Å²) in [5.41, 5.74) is 0.333. The Morgan fingerprint density at radius 3 is 1.67 bits per heavy atom. The molecule has 0 saturated heterocycles. The van der Waals surface area contributed by atoms with Gasteiger partial charge in [-0.15, -0.1) is 0 Å². The lowest BCUT2D eigenvalue weighted by Gasteiger charge is -2.27. The van der Waals surface area contributed by atoms with Crippen LogP contribution in [-0.4, -0.2) is 37.0 Å². The lowest BCUT2D eigenvalue weighted by Crippen LogP contribution is -2.34. The van der Waals surface area contributed by atoms with Gasteiger partial charge in [-0.25, -0.2) is 0 Å². The highest BCUT2D eigenvalue weighted by Crippen LogP contribution is 2.05. The highest BCUT2D eigenvalue weighted by Gasteiger charge is 2.10. The van der Waals surface area contributed by atoms with E-state index in [2.05, 4.69) is 45.1 Å².